The monoisotopic (exact) mass is 913 g/mol. The second-order valence-corrected chi connectivity index (χ2v) is 24.2. The lowest BCUT2D eigenvalue weighted by Gasteiger charge is -2.42. The van der Waals surface area contributed by atoms with E-state index >= 15 is 0 Å². The fourth-order valence-corrected chi connectivity index (χ4v) is 14.7. The number of nitrogens with zero attached hydrogens (tertiary/aromatic N) is 3. The molecule has 8 aromatic carbocycles. The maximum Gasteiger partial charge on any atom is 0.333 e. The summed E-state index contributed by atoms with van der Waals surface area (Å²) in [7, 11) is 0. The van der Waals surface area contributed by atoms with Crippen LogP contribution in [0.2, 0.25) is 0 Å². The van der Waals surface area contributed by atoms with E-state index in [1.54, 1.807) is 11.3 Å². The van der Waals surface area contributed by atoms with Crippen molar-refractivity contribution in [3.8, 4) is 27.4 Å². The van der Waals surface area contributed by atoms with E-state index in [-0.39, 0.29) is 23.1 Å². The SMILES string of the molecule is CC(C)(C)c1ccc(N2B3c4cc5nc(-c6ccccc6)sc5cc4-n4c5cc6c(cc5c5c7c(oc8ccccc87)c(c3c54)-c3cc4c(cc32)sc2ccccc24)C(C)(C)CCC6(C)C)cc1. The molecule has 328 valence electrons. The van der Waals surface area contributed by atoms with Crippen LogP contribution in [0.3, 0.4) is 0 Å². The molecule has 3 aliphatic rings. The maximum atomic E-state index is 7.38. The van der Waals surface area contributed by atoms with Crippen LogP contribution < -0.4 is 15.7 Å². The zero-order chi connectivity index (χ0) is 45.7. The minimum atomic E-state index is -0.189. The zero-order valence-electron chi connectivity index (χ0n) is 39.3. The van der Waals surface area contributed by atoms with Crippen LogP contribution in [0.25, 0.3) is 102 Å². The van der Waals surface area contributed by atoms with Crippen molar-refractivity contribution in [1.29, 1.82) is 0 Å². The number of aromatic nitrogens is 2. The molecule has 12 aromatic rings. The van der Waals surface area contributed by atoms with Gasteiger partial charge in [0, 0.05) is 75.5 Å². The van der Waals surface area contributed by atoms with E-state index in [1.807, 2.05) is 11.3 Å². The van der Waals surface area contributed by atoms with Gasteiger partial charge in [0.05, 0.1) is 21.3 Å². The van der Waals surface area contributed by atoms with Gasteiger partial charge < -0.3 is 13.8 Å². The highest BCUT2D eigenvalue weighted by Crippen LogP contribution is 2.55. The third-order valence-corrected chi connectivity index (χ3v) is 18.4. The first-order valence-corrected chi connectivity index (χ1v) is 25.8. The van der Waals surface area contributed by atoms with E-state index in [0.717, 1.165) is 40.1 Å². The molecule has 0 N–H and O–H groups in total. The van der Waals surface area contributed by atoms with E-state index in [1.165, 1.54) is 113 Å². The highest BCUT2D eigenvalue weighted by atomic mass is 32.1. The molecule has 4 aromatic heterocycles. The summed E-state index contributed by atoms with van der Waals surface area (Å²) in [5, 5.41) is 8.59. The largest absolute Gasteiger partial charge is 0.455 e. The van der Waals surface area contributed by atoms with Crippen LogP contribution in [0.15, 0.2) is 144 Å². The standard InChI is InChI=1S/C61H48BN3OS2/c1-59(2,3)34-21-23-35(24-22-34)65-46-31-50-38(36-17-12-14-20-49(36)67-50)27-39(46)54-55-56-52(53-37-18-11-13-19-48(37)66-57(53)54)40-28-41-42(61(6,7)26-25-60(41,4)5)29-45(40)64(56)47-32-51-44(30-43(47)62(55)65)63-58(68-51)33-15-9-8-10-16-33/h8-24,27-32H,25-26H2,1-7H3. The van der Waals surface area contributed by atoms with Crippen molar-refractivity contribution in [2.24, 2.45) is 0 Å². The van der Waals surface area contributed by atoms with Gasteiger partial charge in [-0.15, -0.1) is 22.7 Å². The van der Waals surface area contributed by atoms with Gasteiger partial charge in [-0.2, -0.15) is 0 Å². The summed E-state index contributed by atoms with van der Waals surface area (Å²) in [6, 6.07) is 52.9. The number of thiazole rings is 1. The predicted molar refractivity (Wildman–Crippen MR) is 293 cm³/mol. The molecule has 0 fully saturated rings. The Balaban J connectivity index is 1.18. The van der Waals surface area contributed by atoms with Crippen LogP contribution >= 0.6 is 22.7 Å². The average Bonchev–Trinajstić information content (AvgIpc) is 4.11. The lowest BCUT2D eigenvalue weighted by molar-refractivity contribution is 0.332. The summed E-state index contributed by atoms with van der Waals surface area (Å²) in [6.45, 7) is 16.6. The Labute approximate surface area is 403 Å². The molecular weight excluding hydrogens is 866 g/mol. The number of para-hydroxylation sites is 1. The van der Waals surface area contributed by atoms with Gasteiger partial charge in [0.15, 0.2) is 0 Å². The first kappa shape index (κ1) is 39.3. The number of anilines is 2. The minimum Gasteiger partial charge on any atom is -0.455 e. The molecule has 0 radical (unpaired) electrons. The minimum absolute atomic E-state index is 0.0145. The molecule has 0 unspecified atom stereocenters. The first-order valence-electron chi connectivity index (χ1n) is 24.2. The van der Waals surface area contributed by atoms with E-state index in [0.29, 0.717) is 0 Å². The Morgan fingerprint density at radius 1 is 0.632 bits per heavy atom. The lowest BCUT2D eigenvalue weighted by atomic mass is 9.43. The van der Waals surface area contributed by atoms with Gasteiger partial charge in [0.25, 0.3) is 0 Å². The maximum absolute atomic E-state index is 7.38. The van der Waals surface area contributed by atoms with Gasteiger partial charge in [-0.25, -0.2) is 4.98 Å². The van der Waals surface area contributed by atoms with Gasteiger partial charge in [-0.05, 0) is 117 Å². The van der Waals surface area contributed by atoms with Crippen LogP contribution in [0.5, 0.6) is 0 Å². The number of benzene rings is 8. The molecule has 6 heterocycles. The summed E-state index contributed by atoms with van der Waals surface area (Å²) in [6.07, 6.45) is 2.30. The van der Waals surface area contributed by atoms with Crippen molar-refractivity contribution >= 4 is 126 Å². The molecule has 0 atom stereocenters. The second kappa shape index (κ2) is 13.1. The molecule has 4 nitrogen and oxygen atoms in total. The predicted octanol–water partition coefficient (Wildman–Crippen LogP) is 16.2. The van der Waals surface area contributed by atoms with Crippen LogP contribution in [0.1, 0.15) is 78.0 Å². The Morgan fingerprint density at radius 2 is 1.34 bits per heavy atom. The molecular formula is C61H48BN3OS2. The topological polar surface area (TPSA) is 34.2 Å². The van der Waals surface area contributed by atoms with Crippen molar-refractivity contribution < 1.29 is 4.42 Å². The summed E-state index contributed by atoms with van der Waals surface area (Å²) in [5.74, 6) is 0. The summed E-state index contributed by atoms with van der Waals surface area (Å²) in [4.78, 5) is 8.12. The van der Waals surface area contributed by atoms with Gasteiger partial charge >= 0.3 is 6.85 Å². The lowest BCUT2D eigenvalue weighted by Crippen LogP contribution is -2.60. The van der Waals surface area contributed by atoms with E-state index in [4.69, 9.17) is 9.40 Å². The van der Waals surface area contributed by atoms with E-state index < -0.39 is 0 Å². The number of thiophene rings is 1. The quantitative estimate of drug-likeness (QED) is 0.162. The van der Waals surface area contributed by atoms with Crippen molar-refractivity contribution in [3.05, 3.63) is 156 Å². The van der Waals surface area contributed by atoms with Crippen molar-refractivity contribution in [2.75, 3.05) is 4.81 Å². The zero-order valence-corrected chi connectivity index (χ0v) is 41.0. The van der Waals surface area contributed by atoms with E-state index in [2.05, 4.69) is 197 Å². The molecule has 2 aliphatic heterocycles. The molecule has 7 heteroatoms. The highest BCUT2D eigenvalue weighted by molar-refractivity contribution is 7.26. The first-order chi connectivity index (χ1) is 32.8. The molecule has 68 heavy (non-hydrogen) atoms. The molecule has 0 saturated heterocycles. The summed E-state index contributed by atoms with van der Waals surface area (Å²) >= 11 is 3.69. The Hall–Kier alpha value is -6.67. The fourth-order valence-electron chi connectivity index (χ4n) is 12.6. The van der Waals surface area contributed by atoms with Crippen molar-refractivity contribution in [2.45, 2.75) is 77.6 Å². The third-order valence-electron chi connectivity index (χ3n) is 16.2. The molecule has 1 aliphatic carbocycles. The molecule has 15 rings (SSSR count). The number of furan rings is 1. The Kier molecular flexibility index (Phi) is 7.58. The van der Waals surface area contributed by atoms with Gasteiger partial charge in [-0.3, -0.25) is 0 Å². The third kappa shape index (κ3) is 5.13. The Bertz CT molecular complexity index is 4200. The normalized spacial score (nSPS) is 15.9. The van der Waals surface area contributed by atoms with Crippen molar-refractivity contribution in [1.82, 2.24) is 9.55 Å². The van der Waals surface area contributed by atoms with Crippen molar-refractivity contribution in [3.63, 3.8) is 0 Å². The molecule has 0 spiro atoms. The number of fused-ring (bicyclic) bond motifs is 18. The number of hydrogen-bond acceptors (Lipinski definition) is 5. The van der Waals surface area contributed by atoms with Crippen LogP contribution in [-0.2, 0) is 16.2 Å². The van der Waals surface area contributed by atoms with Crippen LogP contribution in [-0.4, -0.2) is 16.4 Å². The van der Waals surface area contributed by atoms with Gasteiger partial charge in [0.1, 0.15) is 16.2 Å². The Morgan fingerprint density at radius 3 is 2.12 bits per heavy atom. The highest BCUT2D eigenvalue weighted by Gasteiger charge is 2.47. The average molecular weight is 914 g/mol. The molecule has 0 bridgehead atoms. The fraction of sp³-hybridized carbons (Fsp3) is 0.197. The van der Waals surface area contributed by atoms with Gasteiger partial charge in [-0.1, -0.05) is 127 Å². The number of rotatable bonds is 2. The van der Waals surface area contributed by atoms with Gasteiger partial charge in [0.2, 0.25) is 0 Å². The summed E-state index contributed by atoms with van der Waals surface area (Å²) in [5.41, 5.74) is 19.5. The van der Waals surface area contributed by atoms with E-state index in [9.17, 15) is 0 Å². The molecule has 0 amide bonds. The smallest absolute Gasteiger partial charge is 0.333 e. The van der Waals surface area contributed by atoms with Crippen LogP contribution in [0.4, 0.5) is 11.4 Å². The molecule has 0 saturated carbocycles. The van der Waals surface area contributed by atoms with Crippen LogP contribution in [0, 0.1) is 0 Å². The number of hydrogen-bond donors (Lipinski definition) is 0. The second-order valence-electron chi connectivity index (χ2n) is 22.1. The summed E-state index contributed by atoms with van der Waals surface area (Å²) < 4.78 is 13.8.